The molecule has 0 atom stereocenters. The number of pyridine rings is 1. The van der Waals surface area contributed by atoms with Crippen molar-refractivity contribution in [2.75, 3.05) is 5.73 Å². The fraction of sp³-hybridized carbons (Fsp3) is 0.0625. The van der Waals surface area contributed by atoms with Crippen LogP contribution in [0.25, 0.3) is 22.0 Å². The number of aryl methyl sites for hydroxylation is 1. The van der Waals surface area contributed by atoms with Crippen LogP contribution >= 0.6 is 11.6 Å². The molecule has 0 bridgehead atoms. The number of aromatic nitrogens is 1. The summed E-state index contributed by atoms with van der Waals surface area (Å²) in [5.74, 6) is 0. The SMILES string of the molecule is Cc1ccc2ncc(N)c(-c3ccccc3Cl)c2c1.N. The maximum Gasteiger partial charge on any atom is 0.0710 e. The molecule has 2 aromatic carbocycles. The lowest BCUT2D eigenvalue weighted by molar-refractivity contribution is 1.39. The first-order chi connectivity index (χ1) is 9.16. The smallest absolute Gasteiger partial charge is 0.0710 e. The highest BCUT2D eigenvalue weighted by Gasteiger charge is 2.11. The molecule has 0 unspecified atom stereocenters. The van der Waals surface area contributed by atoms with E-state index < -0.39 is 0 Å². The summed E-state index contributed by atoms with van der Waals surface area (Å²) in [5, 5.41) is 1.73. The molecule has 0 saturated carbocycles. The van der Waals surface area contributed by atoms with Crippen LogP contribution in [-0.2, 0) is 0 Å². The molecular weight excluding hydrogens is 270 g/mol. The number of hydrogen-bond acceptors (Lipinski definition) is 3. The normalized spacial score (nSPS) is 10.3. The molecule has 0 aliphatic rings. The Kier molecular flexibility index (Phi) is 3.93. The van der Waals surface area contributed by atoms with Crippen LogP contribution in [-0.4, -0.2) is 4.98 Å². The lowest BCUT2D eigenvalue weighted by Gasteiger charge is -2.11. The van der Waals surface area contributed by atoms with E-state index in [0.29, 0.717) is 10.7 Å². The van der Waals surface area contributed by atoms with Gasteiger partial charge in [0.1, 0.15) is 0 Å². The van der Waals surface area contributed by atoms with Crippen LogP contribution in [0.1, 0.15) is 5.56 Å². The van der Waals surface area contributed by atoms with Gasteiger partial charge < -0.3 is 11.9 Å². The van der Waals surface area contributed by atoms with Crippen molar-refractivity contribution in [3.8, 4) is 11.1 Å². The summed E-state index contributed by atoms with van der Waals surface area (Å²) in [6.07, 6.45) is 1.69. The molecule has 0 spiro atoms. The molecule has 0 fully saturated rings. The lowest BCUT2D eigenvalue weighted by Crippen LogP contribution is -1.94. The molecule has 0 radical (unpaired) electrons. The quantitative estimate of drug-likeness (QED) is 0.686. The zero-order valence-electron chi connectivity index (χ0n) is 11.2. The van der Waals surface area contributed by atoms with Crippen molar-refractivity contribution in [3.63, 3.8) is 0 Å². The number of nitrogen functional groups attached to an aromatic ring is 1. The zero-order chi connectivity index (χ0) is 13.4. The monoisotopic (exact) mass is 285 g/mol. The van der Waals surface area contributed by atoms with Crippen LogP contribution in [0.4, 0.5) is 5.69 Å². The number of anilines is 1. The van der Waals surface area contributed by atoms with Crippen LogP contribution in [0.15, 0.2) is 48.7 Å². The Labute approximate surface area is 123 Å². The second-order valence-corrected chi connectivity index (χ2v) is 5.00. The van der Waals surface area contributed by atoms with Crippen LogP contribution in [0.5, 0.6) is 0 Å². The van der Waals surface area contributed by atoms with Crippen LogP contribution in [0.2, 0.25) is 5.02 Å². The van der Waals surface area contributed by atoms with Gasteiger partial charge in [-0.3, -0.25) is 4.98 Å². The predicted octanol–water partition coefficient (Wildman–Crippen LogP) is 4.61. The van der Waals surface area contributed by atoms with Gasteiger partial charge in [0.25, 0.3) is 0 Å². The maximum absolute atomic E-state index is 6.29. The summed E-state index contributed by atoms with van der Waals surface area (Å²) in [4.78, 5) is 4.37. The van der Waals surface area contributed by atoms with E-state index in [4.69, 9.17) is 17.3 Å². The minimum absolute atomic E-state index is 0. The van der Waals surface area contributed by atoms with E-state index in [1.807, 2.05) is 36.4 Å². The molecule has 0 aliphatic carbocycles. The third-order valence-electron chi connectivity index (χ3n) is 3.20. The number of rotatable bonds is 1. The van der Waals surface area contributed by atoms with E-state index in [2.05, 4.69) is 18.0 Å². The third-order valence-corrected chi connectivity index (χ3v) is 3.53. The fourth-order valence-corrected chi connectivity index (χ4v) is 2.52. The highest BCUT2D eigenvalue weighted by Crippen LogP contribution is 2.36. The van der Waals surface area contributed by atoms with Crippen LogP contribution < -0.4 is 11.9 Å². The zero-order valence-corrected chi connectivity index (χ0v) is 12.0. The number of nitrogens with zero attached hydrogens (tertiary/aromatic N) is 1. The number of nitrogens with two attached hydrogens (primary N) is 1. The molecule has 1 heterocycles. The maximum atomic E-state index is 6.29. The first-order valence-corrected chi connectivity index (χ1v) is 6.44. The van der Waals surface area contributed by atoms with Crippen molar-refractivity contribution < 1.29 is 0 Å². The Bertz CT molecular complexity index is 764. The Morgan fingerprint density at radius 3 is 2.60 bits per heavy atom. The summed E-state index contributed by atoms with van der Waals surface area (Å²) < 4.78 is 0. The Balaban J connectivity index is 0.00000147. The van der Waals surface area contributed by atoms with Gasteiger partial charge in [-0.15, -0.1) is 0 Å². The molecule has 0 amide bonds. The summed E-state index contributed by atoms with van der Waals surface area (Å²) in [6, 6.07) is 13.9. The summed E-state index contributed by atoms with van der Waals surface area (Å²) in [6.45, 7) is 2.05. The van der Waals surface area contributed by atoms with Gasteiger partial charge in [-0.2, -0.15) is 0 Å². The van der Waals surface area contributed by atoms with Crippen molar-refractivity contribution >= 4 is 28.2 Å². The van der Waals surface area contributed by atoms with Gasteiger partial charge in [-0.1, -0.05) is 41.4 Å². The molecular formula is C16H16ClN3. The molecule has 3 aromatic rings. The second kappa shape index (κ2) is 5.49. The van der Waals surface area contributed by atoms with E-state index in [0.717, 1.165) is 22.0 Å². The molecule has 1 aromatic heterocycles. The van der Waals surface area contributed by atoms with Gasteiger partial charge in [-0.05, 0) is 25.1 Å². The Morgan fingerprint density at radius 1 is 1.10 bits per heavy atom. The van der Waals surface area contributed by atoms with Gasteiger partial charge in [0.2, 0.25) is 0 Å². The fourth-order valence-electron chi connectivity index (χ4n) is 2.29. The standard InChI is InChI=1S/C16H13ClN2.H3N/c1-10-6-7-15-12(8-10)16(14(18)9-19-15)11-4-2-3-5-13(11)17;/h2-9H,18H2,1H3;1H3. The Hall–Kier alpha value is -2.10. The summed E-state index contributed by atoms with van der Waals surface area (Å²) in [7, 11) is 0. The number of hydrogen-bond donors (Lipinski definition) is 2. The molecule has 3 nitrogen and oxygen atoms in total. The van der Waals surface area contributed by atoms with E-state index in [1.165, 1.54) is 5.56 Å². The summed E-state index contributed by atoms with van der Waals surface area (Å²) >= 11 is 6.29. The predicted molar refractivity (Wildman–Crippen MR) is 86.4 cm³/mol. The topological polar surface area (TPSA) is 73.9 Å². The largest absolute Gasteiger partial charge is 0.397 e. The molecule has 20 heavy (non-hydrogen) atoms. The number of fused-ring (bicyclic) bond motifs is 1. The van der Waals surface area contributed by atoms with E-state index in [1.54, 1.807) is 6.20 Å². The van der Waals surface area contributed by atoms with Gasteiger partial charge in [0, 0.05) is 21.5 Å². The minimum atomic E-state index is 0. The highest BCUT2D eigenvalue weighted by atomic mass is 35.5. The van der Waals surface area contributed by atoms with E-state index >= 15 is 0 Å². The minimum Gasteiger partial charge on any atom is -0.397 e. The first kappa shape index (κ1) is 14.3. The van der Waals surface area contributed by atoms with Crippen LogP contribution in [0, 0.1) is 6.92 Å². The third kappa shape index (κ3) is 2.33. The molecule has 0 aliphatic heterocycles. The van der Waals surface area contributed by atoms with E-state index in [9.17, 15) is 0 Å². The summed E-state index contributed by atoms with van der Waals surface area (Å²) in [5.41, 5.74) is 10.8. The molecule has 3 rings (SSSR count). The number of halogens is 1. The average Bonchev–Trinajstić information content (AvgIpc) is 2.40. The molecule has 0 saturated heterocycles. The number of benzene rings is 2. The van der Waals surface area contributed by atoms with Gasteiger partial charge in [0.15, 0.2) is 0 Å². The van der Waals surface area contributed by atoms with Crippen molar-refractivity contribution in [2.45, 2.75) is 6.92 Å². The lowest BCUT2D eigenvalue weighted by atomic mass is 9.98. The van der Waals surface area contributed by atoms with Gasteiger partial charge in [-0.25, -0.2) is 0 Å². The van der Waals surface area contributed by atoms with Gasteiger partial charge >= 0.3 is 0 Å². The second-order valence-electron chi connectivity index (χ2n) is 4.59. The Morgan fingerprint density at radius 2 is 1.85 bits per heavy atom. The van der Waals surface area contributed by atoms with Crippen LogP contribution in [0.3, 0.4) is 0 Å². The van der Waals surface area contributed by atoms with Crippen molar-refractivity contribution in [1.82, 2.24) is 11.1 Å². The van der Waals surface area contributed by atoms with Crippen molar-refractivity contribution in [1.29, 1.82) is 0 Å². The van der Waals surface area contributed by atoms with Crippen molar-refractivity contribution in [3.05, 3.63) is 59.2 Å². The molecule has 102 valence electrons. The van der Waals surface area contributed by atoms with Gasteiger partial charge in [0.05, 0.1) is 17.4 Å². The van der Waals surface area contributed by atoms with Crippen molar-refractivity contribution in [2.24, 2.45) is 0 Å². The molecule has 5 N–H and O–H groups in total. The average molecular weight is 286 g/mol. The van der Waals surface area contributed by atoms with E-state index in [-0.39, 0.29) is 6.15 Å². The first-order valence-electron chi connectivity index (χ1n) is 6.06. The molecule has 4 heteroatoms. The highest BCUT2D eigenvalue weighted by molar-refractivity contribution is 6.34.